The van der Waals surface area contributed by atoms with Crippen molar-refractivity contribution in [3.63, 3.8) is 0 Å². The van der Waals surface area contributed by atoms with Gasteiger partial charge in [-0.3, -0.25) is 0 Å². The zero-order valence-electron chi connectivity index (χ0n) is 14.0. The maximum Gasteiger partial charge on any atom is 0.393 e. The van der Waals surface area contributed by atoms with Crippen LogP contribution in [-0.4, -0.2) is 25.9 Å². The standard InChI is InChI=1S/C17H17F3N6/c18-17(19,20)12-4-5-14-24-25-15(26(14)9-12)8-22-16-11(7-21)6-10-2-1-3-13(10)23-16/h6,12H,1-5,8-9H2,(H,22,23). The summed E-state index contributed by atoms with van der Waals surface area (Å²) in [5, 5.41) is 20.4. The molecule has 26 heavy (non-hydrogen) atoms. The Hall–Kier alpha value is -2.63. The van der Waals surface area contributed by atoms with Crippen molar-refractivity contribution in [2.45, 2.75) is 51.4 Å². The van der Waals surface area contributed by atoms with E-state index in [1.807, 2.05) is 6.07 Å². The molecule has 1 aliphatic heterocycles. The molecule has 0 radical (unpaired) electrons. The van der Waals surface area contributed by atoms with Crippen LogP contribution in [0.15, 0.2) is 6.07 Å². The Labute approximate surface area is 148 Å². The summed E-state index contributed by atoms with van der Waals surface area (Å²) in [5.41, 5.74) is 2.52. The van der Waals surface area contributed by atoms with E-state index in [-0.39, 0.29) is 25.9 Å². The first-order chi connectivity index (χ1) is 12.5. The van der Waals surface area contributed by atoms with Gasteiger partial charge in [0.25, 0.3) is 0 Å². The third-order valence-corrected chi connectivity index (χ3v) is 5.07. The van der Waals surface area contributed by atoms with E-state index in [9.17, 15) is 18.4 Å². The van der Waals surface area contributed by atoms with Gasteiger partial charge in [-0.25, -0.2) is 4.98 Å². The predicted molar refractivity (Wildman–Crippen MR) is 86.2 cm³/mol. The van der Waals surface area contributed by atoms with E-state index in [0.717, 1.165) is 30.5 Å². The van der Waals surface area contributed by atoms with Gasteiger partial charge in [0.2, 0.25) is 0 Å². The Morgan fingerprint density at radius 1 is 1.27 bits per heavy atom. The fourth-order valence-electron chi connectivity index (χ4n) is 3.64. The lowest BCUT2D eigenvalue weighted by Gasteiger charge is -2.26. The first-order valence-corrected chi connectivity index (χ1v) is 8.60. The van der Waals surface area contributed by atoms with Crippen LogP contribution in [0, 0.1) is 17.2 Å². The van der Waals surface area contributed by atoms with Crippen molar-refractivity contribution >= 4 is 5.82 Å². The number of nitrogens with zero attached hydrogens (tertiary/aromatic N) is 5. The summed E-state index contributed by atoms with van der Waals surface area (Å²) in [7, 11) is 0. The van der Waals surface area contributed by atoms with Crippen molar-refractivity contribution in [3.8, 4) is 6.07 Å². The van der Waals surface area contributed by atoms with Gasteiger partial charge in [-0.2, -0.15) is 18.4 Å². The number of alkyl halides is 3. The number of anilines is 1. The van der Waals surface area contributed by atoms with Gasteiger partial charge < -0.3 is 9.88 Å². The molecule has 9 heteroatoms. The summed E-state index contributed by atoms with van der Waals surface area (Å²) >= 11 is 0. The molecule has 0 aromatic carbocycles. The van der Waals surface area contributed by atoms with Crippen LogP contribution in [0.4, 0.5) is 19.0 Å². The lowest BCUT2D eigenvalue weighted by atomic mass is 9.99. The molecule has 0 spiro atoms. The summed E-state index contributed by atoms with van der Waals surface area (Å²) in [5.74, 6) is 0.0797. The Morgan fingerprint density at radius 3 is 2.88 bits per heavy atom. The number of rotatable bonds is 3. The average molecular weight is 362 g/mol. The molecule has 1 aliphatic carbocycles. The molecular weight excluding hydrogens is 345 g/mol. The second-order valence-electron chi connectivity index (χ2n) is 6.73. The van der Waals surface area contributed by atoms with Crippen molar-refractivity contribution in [1.29, 1.82) is 5.26 Å². The SMILES string of the molecule is N#Cc1cc2c(nc1NCc1nnc3n1CC(C(F)(F)F)CC3)CCC2. The van der Waals surface area contributed by atoms with Crippen LogP contribution < -0.4 is 5.32 Å². The van der Waals surface area contributed by atoms with E-state index in [1.165, 1.54) is 4.57 Å². The maximum atomic E-state index is 13.0. The summed E-state index contributed by atoms with van der Waals surface area (Å²) in [6.45, 7) is 0.0175. The van der Waals surface area contributed by atoms with Crippen LogP contribution in [-0.2, 0) is 32.4 Å². The van der Waals surface area contributed by atoms with Gasteiger partial charge in [-0.1, -0.05) is 0 Å². The zero-order chi connectivity index (χ0) is 18.3. The Morgan fingerprint density at radius 2 is 2.12 bits per heavy atom. The van der Waals surface area contributed by atoms with E-state index in [4.69, 9.17) is 0 Å². The van der Waals surface area contributed by atoms with Crippen molar-refractivity contribution < 1.29 is 13.2 Å². The number of aryl methyl sites for hydroxylation is 3. The molecule has 1 N–H and O–H groups in total. The van der Waals surface area contributed by atoms with Crippen LogP contribution in [0.1, 0.15) is 41.3 Å². The molecule has 6 nitrogen and oxygen atoms in total. The summed E-state index contributed by atoms with van der Waals surface area (Å²) < 4.78 is 40.6. The Bertz CT molecular complexity index is 880. The number of hydrogen-bond acceptors (Lipinski definition) is 5. The topological polar surface area (TPSA) is 79.4 Å². The minimum atomic E-state index is -4.22. The maximum absolute atomic E-state index is 13.0. The lowest BCUT2D eigenvalue weighted by Crippen LogP contribution is -2.33. The summed E-state index contributed by atoms with van der Waals surface area (Å²) in [6.07, 6.45) is -1.09. The highest BCUT2D eigenvalue weighted by atomic mass is 19.4. The average Bonchev–Trinajstić information content (AvgIpc) is 3.23. The molecule has 0 saturated heterocycles. The van der Waals surface area contributed by atoms with Crippen LogP contribution in [0.2, 0.25) is 0 Å². The molecular formula is C17H17F3N6. The van der Waals surface area contributed by atoms with E-state index in [2.05, 4.69) is 26.6 Å². The molecule has 2 aromatic rings. The van der Waals surface area contributed by atoms with Crippen molar-refractivity contribution in [1.82, 2.24) is 19.7 Å². The molecule has 136 valence electrons. The van der Waals surface area contributed by atoms with Gasteiger partial charge in [0.1, 0.15) is 17.7 Å². The van der Waals surface area contributed by atoms with E-state index in [1.54, 1.807) is 0 Å². The van der Waals surface area contributed by atoms with Gasteiger partial charge >= 0.3 is 6.18 Å². The molecule has 0 bridgehead atoms. The minimum absolute atomic E-state index is 0.0417. The highest BCUT2D eigenvalue weighted by Crippen LogP contribution is 2.34. The Balaban J connectivity index is 1.54. The first kappa shape index (κ1) is 16.8. The zero-order valence-corrected chi connectivity index (χ0v) is 14.0. The fraction of sp³-hybridized carbons (Fsp3) is 0.529. The summed E-state index contributed by atoms with van der Waals surface area (Å²) in [4.78, 5) is 4.52. The van der Waals surface area contributed by atoms with E-state index < -0.39 is 12.1 Å². The van der Waals surface area contributed by atoms with Crippen LogP contribution in [0.25, 0.3) is 0 Å². The molecule has 4 rings (SSSR count). The van der Waals surface area contributed by atoms with Gasteiger partial charge in [0.15, 0.2) is 5.82 Å². The molecule has 0 fully saturated rings. The highest BCUT2D eigenvalue weighted by Gasteiger charge is 2.42. The largest absolute Gasteiger partial charge is 0.393 e. The van der Waals surface area contributed by atoms with Crippen molar-refractivity contribution in [3.05, 3.63) is 34.5 Å². The molecule has 2 aliphatic rings. The number of aromatic nitrogens is 4. The molecule has 0 amide bonds. The predicted octanol–water partition coefficient (Wildman–Crippen LogP) is 2.77. The smallest absolute Gasteiger partial charge is 0.362 e. The second kappa shape index (κ2) is 6.27. The van der Waals surface area contributed by atoms with Gasteiger partial charge in [-0.15, -0.1) is 10.2 Å². The monoisotopic (exact) mass is 362 g/mol. The molecule has 1 unspecified atom stereocenters. The van der Waals surface area contributed by atoms with Gasteiger partial charge in [0, 0.05) is 18.7 Å². The van der Waals surface area contributed by atoms with Crippen LogP contribution >= 0.6 is 0 Å². The number of nitrogens with one attached hydrogen (secondary N) is 1. The summed E-state index contributed by atoms with van der Waals surface area (Å²) in [6, 6.07) is 3.97. The lowest BCUT2D eigenvalue weighted by molar-refractivity contribution is -0.182. The number of pyridine rings is 1. The van der Waals surface area contributed by atoms with Crippen molar-refractivity contribution in [2.75, 3.05) is 5.32 Å². The quantitative estimate of drug-likeness (QED) is 0.908. The second-order valence-corrected chi connectivity index (χ2v) is 6.73. The third kappa shape index (κ3) is 3.00. The number of fused-ring (bicyclic) bond motifs is 2. The van der Waals surface area contributed by atoms with Crippen LogP contribution in [0.3, 0.4) is 0 Å². The molecule has 1 atom stereocenters. The Kier molecular flexibility index (Phi) is 4.05. The minimum Gasteiger partial charge on any atom is -0.362 e. The normalized spacial score (nSPS) is 18.9. The fourth-order valence-corrected chi connectivity index (χ4v) is 3.64. The van der Waals surface area contributed by atoms with Gasteiger partial charge in [0.05, 0.1) is 18.0 Å². The molecule has 2 aromatic heterocycles. The number of halogens is 3. The third-order valence-electron chi connectivity index (χ3n) is 5.07. The van der Waals surface area contributed by atoms with Gasteiger partial charge in [-0.05, 0) is 37.3 Å². The first-order valence-electron chi connectivity index (χ1n) is 8.60. The number of nitriles is 1. The van der Waals surface area contributed by atoms with Crippen LogP contribution in [0.5, 0.6) is 0 Å². The van der Waals surface area contributed by atoms with E-state index in [0.29, 0.717) is 23.0 Å². The highest BCUT2D eigenvalue weighted by molar-refractivity contribution is 5.55. The number of hydrogen-bond donors (Lipinski definition) is 1. The molecule has 3 heterocycles. The van der Waals surface area contributed by atoms with Crippen molar-refractivity contribution in [2.24, 2.45) is 5.92 Å². The molecule has 0 saturated carbocycles. The van der Waals surface area contributed by atoms with E-state index >= 15 is 0 Å².